The van der Waals surface area contributed by atoms with Gasteiger partial charge in [-0.3, -0.25) is 4.72 Å². The van der Waals surface area contributed by atoms with Crippen LogP contribution in [0.5, 0.6) is 0 Å². The molecule has 0 saturated carbocycles. The zero-order valence-corrected chi connectivity index (χ0v) is 11.9. The number of nitrogens with one attached hydrogen (secondary N) is 1. The molecule has 0 bridgehead atoms. The van der Waals surface area contributed by atoms with E-state index in [0.29, 0.717) is 16.8 Å². The maximum atomic E-state index is 11.2. The van der Waals surface area contributed by atoms with Gasteiger partial charge in [0.25, 0.3) is 9.05 Å². The fourth-order valence-corrected chi connectivity index (χ4v) is 3.01. The Morgan fingerprint density at radius 2 is 1.47 bits per heavy atom. The van der Waals surface area contributed by atoms with E-state index in [4.69, 9.17) is 10.7 Å². The minimum absolute atomic E-state index is 0.0479. The number of anilines is 1. The van der Waals surface area contributed by atoms with E-state index in [0.717, 1.165) is 6.26 Å². The first-order chi connectivity index (χ1) is 7.50. The minimum Gasteiger partial charge on any atom is -0.283 e. The highest BCUT2D eigenvalue weighted by molar-refractivity contribution is 8.13. The zero-order chi connectivity index (χ0) is 13.4. The van der Waals surface area contributed by atoms with Crippen molar-refractivity contribution in [3.63, 3.8) is 0 Å². The van der Waals surface area contributed by atoms with E-state index >= 15 is 0 Å². The number of hydrogen-bond acceptors (Lipinski definition) is 4. The number of rotatable bonds is 3. The number of aryl methyl sites for hydroxylation is 2. The molecule has 96 valence electrons. The summed E-state index contributed by atoms with van der Waals surface area (Å²) in [7, 11) is -1.99. The van der Waals surface area contributed by atoms with Crippen molar-refractivity contribution in [2.75, 3.05) is 11.0 Å². The molecule has 0 aliphatic rings. The zero-order valence-electron chi connectivity index (χ0n) is 9.48. The molecule has 0 atom stereocenters. The maximum absolute atomic E-state index is 11.2. The van der Waals surface area contributed by atoms with E-state index in [1.54, 1.807) is 13.8 Å². The molecule has 0 aromatic heterocycles. The van der Waals surface area contributed by atoms with Crippen molar-refractivity contribution in [2.24, 2.45) is 0 Å². The first-order valence-corrected chi connectivity index (χ1v) is 8.74. The molecule has 1 N–H and O–H groups in total. The number of benzene rings is 1. The molecule has 1 aromatic rings. The summed E-state index contributed by atoms with van der Waals surface area (Å²) in [5.41, 5.74) is 1.36. The van der Waals surface area contributed by atoms with Crippen molar-refractivity contribution >= 4 is 35.4 Å². The van der Waals surface area contributed by atoms with Gasteiger partial charge in [0.1, 0.15) is 0 Å². The van der Waals surface area contributed by atoms with Gasteiger partial charge in [-0.25, -0.2) is 16.8 Å². The summed E-state index contributed by atoms with van der Waals surface area (Å²) in [6, 6.07) is 2.64. The van der Waals surface area contributed by atoms with Crippen molar-refractivity contribution in [3.8, 4) is 0 Å². The largest absolute Gasteiger partial charge is 0.283 e. The van der Waals surface area contributed by atoms with Gasteiger partial charge in [0.05, 0.1) is 16.8 Å². The van der Waals surface area contributed by atoms with Gasteiger partial charge in [-0.05, 0) is 37.1 Å². The number of halogens is 1. The number of hydrogen-bond donors (Lipinski definition) is 1. The van der Waals surface area contributed by atoms with Crippen molar-refractivity contribution in [3.05, 3.63) is 23.3 Å². The third-order valence-corrected chi connectivity index (χ3v) is 3.98. The smallest absolute Gasteiger partial charge is 0.261 e. The molecule has 5 nitrogen and oxygen atoms in total. The second-order valence-electron chi connectivity index (χ2n) is 3.74. The Kier molecular flexibility index (Phi) is 3.75. The first-order valence-electron chi connectivity index (χ1n) is 4.54. The molecular weight excluding hydrogens is 286 g/mol. The van der Waals surface area contributed by atoms with Gasteiger partial charge in [-0.1, -0.05) is 0 Å². The lowest BCUT2D eigenvalue weighted by atomic mass is 10.1. The van der Waals surface area contributed by atoms with Crippen LogP contribution >= 0.6 is 10.7 Å². The van der Waals surface area contributed by atoms with Gasteiger partial charge < -0.3 is 0 Å². The summed E-state index contributed by atoms with van der Waals surface area (Å²) in [4.78, 5) is -0.0479. The second kappa shape index (κ2) is 4.47. The molecule has 17 heavy (non-hydrogen) atoms. The molecule has 1 aromatic carbocycles. The predicted octanol–water partition coefficient (Wildman–Crippen LogP) is 1.60. The Hall–Kier alpha value is -0.790. The normalized spacial score (nSPS) is 12.5. The van der Waals surface area contributed by atoms with Crippen molar-refractivity contribution in [2.45, 2.75) is 18.7 Å². The predicted molar refractivity (Wildman–Crippen MR) is 67.4 cm³/mol. The fourth-order valence-electron chi connectivity index (χ4n) is 1.41. The lowest BCUT2D eigenvalue weighted by Gasteiger charge is -2.12. The van der Waals surface area contributed by atoms with E-state index in [1.165, 1.54) is 12.1 Å². The van der Waals surface area contributed by atoms with Gasteiger partial charge in [0.15, 0.2) is 0 Å². The van der Waals surface area contributed by atoms with E-state index in [2.05, 4.69) is 4.72 Å². The Morgan fingerprint density at radius 1 is 1.06 bits per heavy atom. The van der Waals surface area contributed by atoms with Crippen LogP contribution in [0.1, 0.15) is 11.1 Å². The van der Waals surface area contributed by atoms with Crippen LogP contribution in [-0.2, 0) is 19.1 Å². The lowest BCUT2D eigenvalue weighted by Crippen LogP contribution is -2.12. The van der Waals surface area contributed by atoms with Gasteiger partial charge in [-0.2, -0.15) is 0 Å². The summed E-state index contributed by atoms with van der Waals surface area (Å²) in [6.07, 6.45) is 1.03. The molecule has 0 heterocycles. The summed E-state index contributed by atoms with van der Waals surface area (Å²) in [6.45, 7) is 3.21. The first kappa shape index (κ1) is 14.3. The average Bonchev–Trinajstić information content (AvgIpc) is 2.07. The van der Waals surface area contributed by atoms with Crippen molar-refractivity contribution in [1.82, 2.24) is 0 Å². The van der Waals surface area contributed by atoms with Gasteiger partial charge in [0, 0.05) is 10.7 Å². The SMILES string of the molecule is Cc1cc(S(=O)(=O)Cl)cc(C)c1NS(C)(=O)=O. The molecule has 0 radical (unpaired) electrons. The fraction of sp³-hybridized carbons (Fsp3) is 0.333. The molecule has 0 saturated heterocycles. The second-order valence-corrected chi connectivity index (χ2v) is 8.06. The minimum atomic E-state index is -3.81. The third-order valence-electron chi connectivity index (χ3n) is 2.08. The number of sulfonamides is 1. The van der Waals surface area contributed by atoms with Crippen LogP contribution in [0, 0.1) is 13.8 Å². The van der Waals surface area contributed by atoms with Gasteiger partial charge >= 0.3 is 0 Å². The van der Waals surface area contributed by atoms with Crippen LogP contribution in [0.25, 0.3) is 0 Å². The Bertz CT molecular complexity index is 627. The van der Waals surface area contributed by atoms with Crippen LogP contribution in [0.15, 0.2) is 17.0 Å². The monoisotopic (exact) mass is 297 g/mol. The Labute approximate surface area is 105 Å². The van der Waals surface area contributed by atoms with E-state index in [1.807, 2.05) is 0 Å². The topological polar surface area (TPSA) is 80.3 Å². The lowest BCUT2D eigenvalue weighted by molar-refractivity contribution is 0.606. The standard InChI is InChI=1S/C9H12ClNO4S2/c1-6-4-8(17(10,14)15)5-7(2)9(6)11-16(3,12)13/h4-5,11H,1-3H3. The van der Waals surface area contributed by atoms with Gasteiger partial charge in [0.2, 0.25) is 10.0 Å². The van der Waals surface area contributed by atoms with E-state index < -0.39 is 19.1 Å². The van der Waals surface area contributed by atoms with E-state index in [9.17, 15) is 16.8 Å². The molecule has 0 fully saturated rings. The highest BCUT2D eigenvalue weighted by Crippen LogP contribution is 2.26. The average molecular weight is 298 g/mol. The molecule has 0 spiro atoms. The molecule has 0 aliphatic heterocycles. The summed E-state index contributed by atoms with van der Waals surface area (Å²) < 4.78 is 46.9. The van der Waals surface area contributed by atoms with Crippen molar-refractivity contribution in [1.29, 1.82) is 0 Å². The van der Waals surface area contributed by atoms with Crippen molar-refractivity contribution < 1.29 is 16.8 Å². The van der Waals surface area contributed by atoms with Crippen LogP contribution in [0.3, 0.4) is 0 Å². The quantitative estimate of drug-likeness (QED) is 0.859. The Morgan fingerprint density at radius 3 is 1.76 bits per heavy atom. The third kappa shape index (κ3) is 3.86. The molecule has 0 amide bonds. The molecule has 1 rings (SSSR count). The summed E-state index contributed by atoms with van der Waals surface area (Å²) >= 11 is 0. The van der Waals surface area contributed by atoms with Crippen LogP contribution in [-0.4, -0.2) is 23.1 Å². The molecular formula is C9H12ClNO4S2. The van der Waals surface area contributed by atoms with Gasteiger partial charge in [-0.15, -0.1) is 0 Å². The highest BCUT2D eigenvalue weighted by atomic mass is 35.7. The summed E-state index contributed by atoms with van der Waals surface area (Å²) in [5, 5.41) is 0. The molecule has 0 aliphatic carbocycles. The summed E-state index contributed by atoms with van der Waals surface area (Å²) in [5.74, 6) is 0. The Balaban J connectivity index is 3.40. The maximum Gasteiger partial charge on any atom is 0.261 e. The van der Waals surface area contributed by atoms with Crippen LogP contribution < -0.4 is 4.72 Å². The highest BCUT2D eigenvalue weighted by Gasteiger charge is 2.15. The molecule has 0 unspecified atom stereocenters. The molecule has 8 heteroatoms. The van der Waals surface area contributed by atoms with Crippen LogP contribution in [0.4, 0.5) is 5.69 Å². The van der Waals surface area contributed by atoms with E-state index in [-0.39, 0.29) is 4.90 Å². The van der Waals surface area contributed by atoms with Crippen LogP contribution in [0.2, 0.25) is 0 Å².